The van der Waals surface area contributed by atoms with Gasteiger partial charge in [-0.05, 0) is 12.5 Å². The van der Waals surface area contributed by atoms with Crippen LogP contribution >= 0.6 is 0 Å². The van der Waals surface area contributed by atoms with E-state index >= 15 is 0 Å². The van der Waals surface area contributed by atoms with E-state index in [0.29, 0.717) is 17.1 Å². The fourth-order valence-corrected chi connectivity index (χ4v) is 1.63. The molecule has 1 saturated carbocycles. The number of nitro benzene ring substituents is 1. The number of hydrogen-bond acceptors (Lipinski definition) is 6. The number of nitrogens with zero attached hydrogens (tertiary/aromatic N) is 2. The van der Waals surface area contributed by atoms with Crippen molar-refractivity contribution in [1.29, 1.82) is 0 Å². The number of aromatic nitrogens is 1. The molecular formula is C10H10N4O3. The first kappa shape index (κ1) is 10.0. The van der Waals surface area contributed by atoms with Crippen molar-refractivity contribution in [3.8, 4) is 0 Å². The molecule has 0 radical (unpaired) electrons. The summed E-state index contributed by atoms with van der Waals surface area (Å²) in [5.74, 6) is 0. The van der Waals surface area contributed by atoms with Crippen molar-refractivity contribution in [2.45, 2.75) is 18.5 Å². The lowest BCUT2D eigenvalue weighted by Crippen LogP contribution is -2.13. The molecule has 2 atom stereocenters. The van der Waals surface area contributed by atoms with Gasteiger partial charge in [-0.2, -0.15) is 4.98 Å². The summed E-state index contributed by atoms with van der Waals surface area (Å²) in [5.41, 5.74) is 6.64. The lowest BCUT2D eigenvalue weighted by molar-refractivity contribution is -0.384. The zero-order valence-corrected chi connectivity index (χ0v) is 8.79. The van der Waals surface area contributed by atoms with E-state index in [4.69, 9.17) is 10.2 Å². The van der Waals surface area contributed by atoms with Crippen LogP contribution in [0.5, 0.6) is 0 Å². The minimum absolute atomic E-state index is 0.000438. The number of oxazole rings is 1. The van der Waals surface area contributed by atoms with Crippen LogP contribution in [0, 0.1) is 10.1 Å². The highest BCUT2D eigenvalue weighted by Gasteiger charge is 2.34. The number of rotatable bonds is 3. The van der Waals surface area contributed by atoms with Gasteiger partial charge in [0, 0.05) is 24.2 Å². The number of nitrogens with two attached hydrogens (primary N) is 1. The van der Waals surface area contributed by atoms with Crippen LogP contribution in [0.25, 0.3) is 11.1 Å². The molecule has 0 saturated heterocycles. The highest BCUT2D eigenvalue weighted by atomic mass is 16.6. The van der Waals surface area contributed by atoms with E-state index in [1.165, 1.54) is 12.1 Å². The maximum atomic E-state index is 10.6. The molecule has 88 valence electrons. The summed E-state index contributed by atoms with van der Waals surface area (Å²) in [6.45, 7) is 0. The minimum Gasteiger partial charge on any atom is -0.424 e. The first-order valence-corrected chi connectivity index (χ1v) is 5.20. The molecule has 1 aliphatic rings. The molecule has 2 unspecified atom stereocenters. The Kier molecular flexibility index (Phi) is 2.02. The van der Waals surface area contributed by atoms with Gasteiger partial charge in [0.25, 0.3) is 11.7 Å². The lowest BCUT2D eigenvalue weighted by Gasteiger charge is -1.95. The normalized spacial score (nSPS) is 22.6. The molecule has 7 nitrogen and oxygen atoms in total. The predicted molar refractivity (Wildman–Crippen MR) is 60.7 cm³/mol. The van der Waals surface area contributed by atoms with Crippen LogP contribution in [0.3, 0.4) is 0 Å². The molecule has 3 N–H and O–H groups in total. The number of nitrogens with one attached hydrogen (secondary N) is 1. The number of nitro groups is 1. The van der Waals surface area contributed by atoms with Crippen molar-refractivity contribution in [3.63, 3.8) is 0 Å². The summed E-state index contributed by atoms with van der Waals surface area (Å²) in [7, 11) is 0. The lowest BCUT2D eigenvalue weighted by atomic mass is 10.3. The van der Waals surface area contributed by atoms with Gasteiger partial charge < -0.3 is 15.5 Å². The molecule has 2 aromatic rings. The molecular weight excluding hydrogens is 224 g/mol. The van der Waals surface area contributed by atoms with Crippen molar-refractivity contribution in [2.75, 3.05) is 5.32 Å². The number of hydrogen-bond donors (Lipinski definition) is 2. The summed E-state index contributed by atoms with van der Waals surface area (Å²) in [5, 5.41) is 13.6. The largest absolute Gasteiger partial charge is 0.424 e. The Morgan fingerprint density at radius 3 is 3.00 bits per heavy atom. The van der Waals surface area contributed by atoms with E-state index in [1.54, 1.807) is 6.07 Å². The van der Waals surface area contributed by atoms with Crippen molar-refractivity contribution in [2.24, 2.45) is 5.73 Å². The summed E-state index contributed by atoms with van der Waals surface area (Å²) < 4.78 is 5.40. The number of anilines is 1. The molecule has 0 spiro atoms. The number of benzene rings is 1. The monoisotopic (exact) mass is 234 g/mol. The van der Waals surface area contributed by atoms with Gasteiger partial charge in [-0.15, -0.1) is 0 Å². The van der Waals surface area contributed by atoms with Crippen LogP contribution in [0.4, 0.5) is 11.7 Å². The Bertz CT molecular complexity index is 594. The van der Waals surface area contributed by atoms with E-state index in [9.17, 15) is 10.1 Å². The maximum Gasteiger partial charge on any atom is 0.295 e. The van der Waals surface area contributed by atoms with Crippen LogP contribution in [0.2, 0.25) is 0 Å². The standard InChI is InChI=1S/C10H10N4O3/c11-6-4-7(6)12-10-13-8-3-5(14(15)16)1-2-9(8)17-10/h1-3,6-7H,4,11H2,(H,12,13). The van der Waals surface area contributed by atoms with Gasteiger partial charge >= 0.3 is 0 Å². The summed E-state index contributed by atoms with van der Waals surface area (Å²) in [6, 6.07) is 5.01. The summed E-state index contributed by atoms with van der Waals surface area (Å²) >= 11 is 0. The fraction of sp³-hybridized carbons (Fsp3) is 0.300. The summed E-state index contributed by atoms with van der Waals surface area (Å²) in [6.07, 6.45) is 0.888. The maximum absolute atomic E-state index is 10.6. The Morgan fingerprint density at radius 1 is 1.59 bits per heavy atom. The average molecular weight is 234 g/mol. The molecule has 1 aromatic heterocycles. The van der Waals surface area contributed by atoms with Gasteiger partial charge in [-0.3, -0.25) is 10.1 Å². The van der Waals surface area contributed by atoms with Crippen LogP contribution in [0.15, 0.2) is 22.6 Å². The van der Waals surface area contributed by atoms with E-state index in [1.807, 2.05) is 0 Å². The zero-order valence-electron chi connectivity index (χ0n) is 8.79. The van der Waals surface area contributed by atoms with Gasteiger partial charge in [0.05, 0.1) is 4.92 Å². The van der Waals surface area contributed by atoms with Crippen LogP contribution < -0.4 is 11.1 Å². The number of fused-ring (bicyclic) bond motifs is 1. The third kappa shape index (κ3) is 1.80. The minimum atomic E-state index is -0.460. The Balaban J connectivity index is 1.92. The van der Waals surface area contributed by atoms with Gasteiger partial charge in [0.1, 0.15) is 5.52 Å². The second kappa shape index (κ2) is 3.42. The first-order valence-electron chi connectivity index (χ1n) is 5.20. The quantitative estimate of drug-likeness (QED) is 0.611. The van der Waals surface area contributed by atoms with E-state index < -0.39 is 4.92 Å². The van der Waals surface area contributed by atoms with Gasteiger partial charge in [-0.1, -0.05) is 0 Å². The second-order valence-electron chi connectivity index (χ2n) is 4.08. The van der Waals surface area contributed by atoms with E-state index in [0.717, 1.165) is 6.42 Å². The molecule has 1 heterocycles. The topological polar surface area (TPSA) is 107 Å². The highest BCUT2D eigenvalue weighted by Crippen LogP contribution is 2.27. The highest BCUT2D eigenvalue weighted by molar-refractivity contribution is 5.77. The zero-order chi connectivity index (χ0) is 12.0. The summed E-state index contributed by atoms with van der Waals surface area (Å²) in [4.78, 5) is 14.3. The molecule has 7 heteroatoms. The van der Waals surface area contributed by atoms with Crippen molar-refractivity contribution in [3.05, 3.63) is 28.3 Å². The molecule has 0 amide bonds. The van der Waals surface area contributed by atoms with E-state index in [-0.39, 0.29) is 17.8 Å². The van der Waals surface area contributed by atoms with E-state index in [2.05, 4.69) is 10.3 Å². The van der Waals surface area contributed by atoms with Crippen molar-refractivity contribution >= 4 is 22.8 Å². The Morgan fingerprint density at radius 2 is 2.35 bits per heavy atom. The number of non-ortho nitro benzene ring substituents is 1. The van der Waals surface area contributed by atoms with Crippen molar-refractivity contribution in [1.82, 2.24) is 4.98 Å². The molecule has 1 aromatic carbocycles. The molecule has 1 aliphatic carbocycles. The third-order valence-electron chi connectivity index (χ3n) is 2.73. The smallest absolute Gasteiger partial charge is 0.295 e. The van der Waals surface area contributed by atoms with Gasteiger partial charge in [0.15, 0.2) is 5.58 Å². The van der Waals surface area contributed by atoms with Crippen LogP contribution in [-0.4, -0.2) is 22.0 Å². The average Bonchev–Trinajstić information content (AvgIpc) is 2.83. The molecule has 1 fully saturated rings. The van der Waals surface area contributed by atoms with Crippen molar-refractivity contribution < 1.29 is 9.34 Å². The Labute approximate surface area is 95.8 Å². The third-order valence-corrected chi connectivity index (χ3v) is 2.73. The van der Waals surface area contributed by atoms with Gasteiger partial charge in [0.2, 0.25) is 0 Å². The molecule has 0 bridgehead atoms. The second-order valence-corrected chi connectivity index (χ2v) is 4.08. The predicted octanol–water partition coefficient (Wildman–Crippen LogP) is 1.25. The molecule has 3 rings (SSSR count). The Hall–Kier alpha value is -2.15. The molecule has 17 heavy (non-hydrogen) atoms. The first-order chi connectivity index (χ1) is 8.13. The SMILES string of the molecule is NC1CC1Nc1nc2cc([N+](=O)[O-])ccc2o1. The molecule has 0 aliphatic heterocycles. The van der Waals surface area contributed by atoms with Crippen LogP contribution in [0.1, 0.15) is 6.42 Å². The van der Waals surface area contributed by atoms with Crippen LogP contribution in [-0.2, 0) is 0 Å². The fourth-order valence-electron chi connectivity index (χ4n) is 1.63. The van der Waals surface area contributed by atoms with Gasteiger partial charge in [-0.25, -0.2) is 0 Å².